The van der Waals surface area contributed by atoms with E-state index < -0.39 is 0 Å². The first kappa shape index (κ1) is 9.61. The molecule has 0 aliphatic carbocycles. The second-order valence-corrected chi connectivity index (χ2v) is 3.65. The average molecular weight is 196 g/mol. The van der Waals surface area contributed by atoms with Crippen molar-refractivity contribution >= 4 is 0 Å². The third-order valence-corrected chi connectivity index (χ3v) is 2.63. The zero-order valence-electron chi connectivity index (χ0n) is 8.19. The van der Waals surface area contributed by atoms with Gasteiger partial charge >= 0.3 is 0 Å². The molecule has 2 heterocycles. The van der Waals surface area contributed by atoms with E-state index in [1.165, 1.54) is 0 Å². The van der Waals surface area contributed by atoms with E-state index in [9.17, 15) is 0 Å². The molecule has 0 radical (unpaired) electrons. The van der Waals surface area contributed by atoms with Crippen molar-refractivity contribution in [1.82, 2.24) is 20.1 Å². The molecule has 1 atom stereocenters. The Morgan fingerprint density at radius 2 is 2.57 bits per heavy atom. The lowest BCUT2D eigenvalue weighted by Crippen LogP contribution is -2.13. The summed E-state index contributed by atoms with van der Waals surface area (Å²) in [5.74, 6) is 1.56. The van der Waals surface area contributed by atoms with Crippen molar-refractivity contribution in [1.29, 1.82) is 0 Å². The summed E-state index contributed by atoms with van der Waals surface area (Å²) in [5, 5.41) is 20.1. The molecule has 1 aliphatic rings. The number of aromatic nitrogens is 3. The van der Waals surface area contributed by atoms with Crippen LogP contribution in [0.5, 0.6) is 0 Å². The lowest BCUT2D eigenvalue weighted by Gasteiger charge is -2.09. The molecule has 78 valence electrons. The molecule has 0 saturated carbocycles. The van der Waals surface area contributed by atoms with Crippen LogP contribution in [0.3, 0.4) is 0 Å². The van der Waals surface area contributed by atoms with Gasteiger partial charge in [0.15, 0.2) is 0 Å². The van der Waals surface area contributed by atoms with Gasteiger partial charge in [-0.25, -0.2) is 0 Å². The number of aliphatic hydroxyl groups excluding tert-OH is 1. The summed E-state index contributed by atoms with van der Waals surface area (Å²) in [6, 6.07) is 0. The number of aliphatic hydroxyl groups is 1. The first-order chi connectivity index (χ1) is 6.92. The summed E-state index contributed by atoms with van der Waals surface area (Å²) in [6.45, 7) is 3.10. The van der Waals surface area contributed by atoms with Gasteiger partial charge in [0.05, 0.1) is 0 Å². The van der Waals surface area contributed by atoms with E-state index in [1.54, 1.807) is 6.33 Å². The largest absolute Gasteiger partial charge is 0.396 e. The van der Waals surface area contributed by atoms with Gasteiger partial charge in [-0.15, -0.1) is 10.2 Å². The summed E-state index contributed by atoms with van der Waals surface area (Å²) in [6.07, 6.45) is 3.66. The fourth-order valence-corrected chi connectivity index (χ4v) is 1.87. The Labute approximate surface area is 83.2 Å². The topological polar surface area (TPSA) is 63.0 Å². The van der Waals surface area contributed by atoms with Gasteiger partial charge in [-0.1, -0.05) is 0 Å². The molecule has 1 unspecified atom stereocenters. The smallest absolute Gasteiger partial charge is 0.137 e. The molecule has 0 aromatic carbocycles. The first-order valence-corrected chi connectivity index (χ1v) is 5.11. The number of aryl methyl sites for hydroxylation is 1. The lowest BCUT2D eigenvalue weighted by atomic mass is 10.1. The fourth-order valence-electron chi connectivity index (χ4n) is 1.87. The molecule has 1 saturated heterocycles. The summed E-state index contributed by atoms with van der Waals surface area (Å²) >= 11 is 0. The Hall–Kier alpha value is -0.940. The van der Waals surface area contributed by atoms with Crippen molar-refractivity contribution in [2.45, 2.75) is 25.3 Å². The van der Waals surface area contributed by atoms with Gasteiger partial charge in [0.1, 0.15) is 12.2 Å². The van der Waals surface area contributed by atoms with Crippen LogP contribution >= 0.6 is 0 Å². The van der Waals surface area contributed by atoms with Crippen LogP contribution in [-0.4, -0.2) is 39.6 Å². The van der Waals surface area contributed by atoms with Crippen molar-refractivity contribution in [3.63, 3.8) is 0 Å². The van der Waals surface area contributed by atoms with Gasteiger partial charge in [0, 0.05) is 25.6 Å². The highest BCUT2D eigenvalue weighted by Crippen LogP contribution is 2.19. The summed E-state index contributed by atoms with van der Waals surface area (Å²) in [5.41, 5.74) is 0. The maximum atomic E-state index is 8.75. The predicted octanol–water partition coefficient (Wildman–Crippen LogP) is -0.263. The maximum absolute atomic E-state index is 8.75. The third-order valence-electron chi connectivity index (χ3n) is 2.63. The summed E-state index contributed by atoms with van der Waals surface area (Å²) < 4.78 is 2.05. The molecule has 0 spiro atoms. The molecule has 1 aromatic heterocycles. The summed E-state index contributed by atoms with van der Waals surface area (Å²) in [4.78, 5) is 0. The van der Waals surface area contributed by atoms with Gasteiger partial charge in [-0.05, 0) is 19.4 Å². The van der Waals surface area contributed by atoms with E-state index in [4.69, 9.17) is 5.11 Å². The quantitative estimate of drug-likeness (QED) is 0.696. The molecule has 1 aromatic rings. The SMILES string of the molecule is OCCCn1cnnc1C1CCNC1. The predicted molar refractivity (Wildman–Crippen MR) is 52.0 cm³/mol. The van der Waals surface area contributed by atoms with Gasteiger partial charge in [0.2, 0.25) is 0 Å². The van der Waals surface area contributed by atoms with Crippen molar-refractivity contribution in [2.75, 3.05) is 19.7 Å². The number of hydrogen-bond acceptors (Lipinski definition) is 4. The Bertz CT molecular complexity index is 280. The van der Waals surface area contributed by atoms with E-state index >= 15 is 0 Å². The monoisotopic (exact) mass is 196 g/mol. The molecule has 2 N–H and O–H groups in total. The van der Waals surface area contributed by atoms with Gasteiger partial charge in [0.25, 0.3) is 0 Å². The Morgan fingerprint density at radius 3 is 3.29 bits per heavy atom. The van der Waals surface area contributed by atoms with Crippen molar-refractivity contribution < 1.29 is 5.11 Å². The molecule has 1 aliphatic heterocycles. The van der Waals surface area contributed by atoms with Crippen molar-refractivity contribution in [3.05, 3.63) is 12.2 Å². The number of rotatable bonds is 4. The molecular weight excluding hydrogens is 180 g/mol. The van der Waals surface area contributed by atoms with Crippen LogP contribution in [0.2, 0.25) is 0 Å². The van der Waals surface area contributed by atoms with Crippen LogP contribution in [0.4, 0.5) is 0 Å². The molecule has 5 nitrogen and oxygen atoms in total. The van der Waals surface area contributed by atoms with Crippen LogP contribution < -0.4 is 5.32 Å². The normalized spacial score (nSPS) is 21.6. The maximum Gasteiger partial charge on any atom is 0.137 e. The van der Waals surface area contributed by atoms with Crippen molar-refractivity contribution in [2.24, 2.45) is 0 Å². The molecular formula is C9H16N4O. The second-order valence-electron chi connectivity index (χ2n) is 3.65. The van der Waals surface area contributed by atoms with Gasteiger partial charge in [-0.3, -0.25) is 0 Å². The van der Waals surface area contributed by atoms with E-state index in [2.05, 4.69) is 15.5 Å². The standard InChI is InChI=1S/C9H16N4O/c14-5-1-4-13-7-11-12-9(13)8-2-3-10-6-8/h7-8,10,14H,1-6H2. The summed E-state index contributed by atoms with van der Waals surface area (Å²) in [7, 11) is 0. The highest BCUT2D eigenvalue weighted by molar-refractivity contribution is 5.00. The lowest BCUT2D eigenvalue weighted by molar-refractivity contribution is 0.278. The van der Waals surface area contributed by atoms with Gasteiger partial charge < -0.3 is 15.0 Å². The van der Waals surface area contributed by atoms with Crippen molar-refractivity contribution in [3.8, 4) is 0 Å². The number of nitrogens with one attached hydrogen (secondary N) is 1. The molecule has 2 rings (SSSR count). The minimum Gasteiger partial charge on any atom is -0.396 e. The highest BCUT2D eigenvalue weighted by atomic mass is 16.3. The van der Waals surface area contributed by atoms with E-state index in [1.807, 2.05) is 4.57 Å². The second kappa shape index (κ2) is 4.52. The van der Waals surface area contributed by atoms with E-state index in [0.29, 0.717) is 5.92 Å². The fraction of sp³-hybridized carbons (Fsp3) is 0.778. The van der Waals surface area contributed by atoms with E-state index in [0.717, 1.165) is 38.3 Å². The highest BCUT2D eigenvalue weighted by Gasteiger charge is 2.21. The average Bonchev–Trinajstić information content (AvgIpc) is 2.84. The number of nitrogens with zero attached hydrogens (tertiary/aromatic N) is 3. The molecule has 0 amide bonds. The van der Waals surface area contributed by atoms with Crippen LogP contribution in [-0.2, 0) is 6.54 Å². The number of hydrogen-bond donors (Lipinski definition) is 2. The minimum atomic E-state index is 0.223. The minimum absolute atomic E-state index is 0.223. The van der Waals surface area contributed by atoms with Crippen LogP contribution in [0.25, 0.3) is 0 Å². The Kier molecular flexibility index (Phi) is 3.10. The molecule has 5 heteroatoms. The van der Waals surface area contributed by atoms with Crippen LogP contribution in [0.1, 0.15) is 24.6 Å². The Morgan fingerprint density at radius 1 is 1.64 bits per heavy atom. The molecule has 14 heavy (non-hydrogen) atoms. The molecule has 0 bridgehead atoms. The molecule has 1 fully saturated rings. The first-order valence-electron chi connectivity index (χ1n) is 5.11. The zero-order chi connectivity index (χ0) is 9.80. The van der Waals surface area contributed by atoms with Gasteiger partial charge in [-0.2, -0.15) is 0 Å². The third kappa shape index (κ3) is 1.93. The van der Waals surface area contributed by atoms with Crippen LogP contribution in [0, 0.1) is 0 Å². The zero-order valence-corrected chi connectivity index (χ0v) is 8.19. The Balaban J connectivity index is 2.04. The van der Waals surface area contributed by atoms with E-state index in [-0.39, 0.29) is 6.61 Å². The van der Waals surface area contributed by atoms with Crippen LogP contribution in [0.15, 0.2) is 6.33 Å².